The predicted molar refractivity (Wildman–Crippen MR) is 101 cm³/mol. The number of hydrogen-bond acceptors (Lipinski definition) is 3. The van der Waals surface area contributed by atoms with Crippen LogP contribution in [0.1, 0.15) is 40.5 Å². The van der Waals surface area contributed by atoms with E-state index in [2.05, 4.69) is 10.4 Å². The van der Waals surface area contributed by atoms with E-state index in [1.54, 1.807) is 11.8 Å². The molecule has 1 heterocycles. The van der Waals surface area contributed by atoms with Crippen molar-refractivity contribution in [1.29, 1.82) is 0 Å². The van der Waals surface area contributed by atoms with Gasteiger partial charge in [-0.15, -0.1) is 0 Å². The largest absolute Gasteiger partial charge is 0.495 e. The van der Waals surface area contributed by atoms with Gasteiger partial charge in [-0.05, 0) is 55.7 Å². The summed E-state index contributed by atoms with van der Waals surface area (Å²) in [5.74, 6) is 0.911. The number of nitrogens with zero attached hydrogens (tertiary/aromatic N) is 2. The number of carbonyl (C=O) groups excluding carboxylic acids is 1. The van der Waals surface area contributed by atoms with Gasteiger partial charge >= 0.3 is 0 Å². The third kappa shape index (κ3) is 3.20. The summed E-state index contributed by atoms with van der Waals surface area (Å²) in [5, 5.41) is 7.67. The molecule has 0 saturated heterocycles. The maximum absolute atomic E-state index is 13.0. The van der Waals surface area contributed by atoms with Crippen molar-refractivity contribution in [2.24, 2.45) is 0 Å². The van der Waals surface area contributed by atoms with Crippen LogP contribution in [0.25, 0.3) is 5.69 Å². The van der Waals surface area contributed by atoms with Gasteiger partial charge in [0.1, 0.15) is 11.4 Å². The third-order valence-corrected chi connectivity index (χ3v) is 4.56. The molecule has 0 spiro atoms. The first-order chi connectivity index (χ1) is 12.7. The molecule has 1 N–H and O–H groups in total. The van der Waals surface area contributed by atoms with E-state index in [1.807, 2.05) is 61.5 Å². The molecule has 4 rings (SSSR count). The minimum absolute atomic E-state index is 0.197. The molecular weight excluding hydrogens is 326 g/mol. The van der Waals surface area contributed by atoms with Crippen LogP contribution in [0.3, 0.4) is 0 Å². The third-order valence-electron chi connectivity index (χ3n) is 4.56. The Hall–Kier alpha value is -3.08. The summed E-state index contributed by atoms with van der Waals surface area (Å²) < 4.78 is 7.10. The number of benzene rings is 2. The summed E-state index contributed by atoms with van der Waals surface area (Å²) in [6.07, 6.45) is 2.27. The van der Waals surface area contributed by atoms with Crippen LogP contribution in [0.15, 0.2) is 54.6 Å². The van der Waals surface area contributed by atoms with Gasteiger partial charge in [-0.1, -0.05) is 24.3 Å². The molecule has 5 heteroatoms. The van der Waals surface area contributed by atoms with Crippen molar-refractivity contribution >= 4 is 11.6 Å². The fourth-order valence-corrected chi connectivity index (χ4v) is 3.01. The maximum atomic E-state index is 13.0. The molecule has 1 aromatic heterocycles. The Kier molecular flexibility index (Phi) is 4.21. The van der Waals surface area contributed by atoms with Crippen molar-refractivity contribution < 1.29 is 9.53 Å². The molecule has 1 saturated carbocycles. The van der Waals surface area contributed by atoms with E-state index >= 15 is 0 Å². The molecule has 0 aliphatic heterocycles. The first kappa shape index (κ1) is 16.4. The normalized spacial score (nSPS) is 13.5. The molecule has 1 aliphatic carbocycles. The average Bonchev–Trinajstić information content (AvgIpc) is 3.41. The van der Waals surface area contributed by atoms with Crippen LogP contribution < -0.4 is 10.1 Å². The Labute approximate surface area is 152 Å². The van der Waals surface area contributed by atoms with Gasteiger partial charge in [0, 0.05) is 5.92 Å². The summed E-state index contributed by atoms with van der Waals surface area (Å²) in [5.41, 5.74) is 4.10. The number of carbonyl (C=O) groups is 1. The number of para-hydroxylation sites is 1. The molecule has 3 aromatic rings. The molecule has 1 amide bonds. The van der Waals surface area contributed by atoms with Crippen LogP contribution in [0.5, 0.6) is 5.75 Å². The van der Waals surface area contributed by atoms with E-state index in [4.69, 9.17) is 4.74 Å². The van der Waals surface area contributed by atoms with Gasteiger partial charge in [0.2, 0.25) is 0 Å². The van der Waals surface area contributed by atoms with Gasteiger partial charge in [-0.2, -0.15) is 5.10 Å². The Morgan fingerprint density at radius 1 is 1.15 bits per heavy atom. The highest BCUT2D eigenvalue weighted by molar-refractivity contribution is 6.04. The van der Waals surface area contributed by atoms with Crippen molar-refractivity contribution in [3.63, 3.8) is 0 Å². The number of methoxy groups -OCH3 is 1. The van der Waals surface area contributed by atoms with Crippen LogP contribution in [0.4, 0.5) is 5.69 Å². The summed E-state index contributed by atoms with van der Waals surface area (Å²) in [4.78, 5) is 13.0. The minimum atomic E-state index is -0.197. The van der Waals surface area contributed by atoms with Crippen LogP contribution in [-0.4, -0.2) is 22.8 Å². The van der Waals surface area contributed by atoms with E-state index in [0.29, 0.717) is 23.0 Å². The van der Waals surface area contributed by atoms with E-state index in [0.717, 1.165) is 29.8 Å². The molecule has 26 heavy (non-hydrogen) atoms. The standard InChI is InChI=1S/C21H21N3O2/c1-14-8-11-20(26-2)18(12-14)22-21(25)19-13-17(15-9-10-15)23-24(19)16-6-4-3-5-7-16/h3-8,11-13,15H,9-10H2,1-2H3,(H,22,25). The number of anilines is 1. The molecular formula is C21H21N3O2. The lowest BCUT2D eigenvalue weighted by atomic mass is 10.2. The Morgan fingerprint density at radius 2 is 1.92 bits per heavy atom. The fourth-order valence-electron chi connectivity index (χ4n) is 3.01. The van der Waals surface area contributed by atoms with Crippen molar-refractivity contribution in [2.75, 3.05) is 12.4 Å². The maximum Gasteiger partial charge on any atom is 0.274 e. The molecule has 1 aliphatic rings. The number of nitrogens with one attached hydrogen (secondary N) is 1. The van der Waals surface area contributed by atoms with Crippen molar-refractivity contribution in [3.8, 4) is 11.4 Å². The quantitative estimate of drug-likeness (QED) is 0.748. The van der Waals surface area contributed by atoms with E-state index in [9.17, 15) is 4.79 Å². The second-order valence-corrected chi connectivity index (χ2v) is 6.63. The van der Waals surface area contributed by atoms with E-state index in [1.165, 1.54) is 0 Å². The number of aromatic nitrogens is 2. The van der Waals surface area contributed by atoms with Gasteiger partial charge in [0.15, 0.2) is 0 Å². The number of aryl methyl sites for hydroxylation is 1. The summed E-state index contributed by atoms with van der Waals surface area (Å²) in [6, 6.07) is 17.4. The zero-order valence-electron chi connectivity index (χ0n) is 14.9. The highest BCUT2D eigenvalue weighted by atomic mass is 16.5. The number of ether oxygens (including phenoxy) is 1. The van der Waals surface area contributed by atoms with Crippen LogP contribution in [0.2, 0.25) is 0 Å². The second kappa shape index (κ2) is 6.67. The number of hydrogen-bond donors (Lipinski definition) is 1. The zero-order chi connectivity index (χ0) is 18.1. The predicted octanol–water partition coefficient (Wildman–Crippen LogP) is 4.32. The molecule has 0 radical (unpaired) electrons. The lowest BCUT2D eigenvalue weighted by molar-refractivity contribution is 0.101. The Bertz CT molecular complexity index is 943. The van der Waals surface area contributed by atoms with Crippen molar-refractivity contribution in [3.05, 3.63) is 71.5 Å². The van der Waals surface area contributed by atoms with Gasteiger partial charge in [-0.25, -0.2) is 4.68 Å². The molecule has 5 nitrogen and oxygen atoms in total. The molecule has 0 bridgehead atoms. The molecule has 0 atom stereocenters. The lowest BCUT2D eigenvalue weighted by Crippen LogP contribution is -2.17. The highest BCUT2D eigenvalue weighted by Crippen LogP contribution is 2.40. The Morgan fingerprint density at radius 3 is 2.62 bits per heavy atom. The van der Waals surface area contributed by atoms with E-state index < -0.39 is 0 Å². The second-order valence-electron chi connectivity index (χ2n) is 6.63. The highest BCUT2D eigenvalue weighted by Gasteiger charge is 2.29. The summed E-state index contributed by atoms with van der Waals surface area (Å²) >= 11 is 0. The van der Waals surface area contributed by atoms with Gasteiger partial charge in [-0.3, -0.25) is 4.79 Å². The van der Waals surface area contributed by atoms with Crippen LogP contribution in [-0.2, 0) is 0 Å². The average molecular weight is 347 g/mol. The molecule has 1 fully saturated rings. The number of rotatable bonds is 5. The van der Waals surface area contributed by atoms with Crippen LogP contribution >= 0.6 is 0 Å². The fraction of sp³-hybridized carbons (Fsp3) is 0.238. The van der Waals surface area contributed by atoms with Gasteiger partial charge < -0.3 is 10.1 Å². The molecule has 0 unspecified atom stereocenters. The monoisotopic (exact) mass is 347 g/mol. The molecule has 132 valence electrons. The first-order valence-electron chi connectivity index (χ1n) is 8.77. The summed E-state index contributed by atoms with van der Waals surface area (Å²) in [6.45, 7) is 1.98. The smallest absolute Gasteiger partial charge is 0.274 e. The topological polar surface area (TPSA) is 56.1 Å². The van der Waals surface area contributed by atoms with Gasteiger partial charge in [0.25, 0.3) is 5.91 Å². The summed E-state index contributed by atoms with van der Waals surface area (Å²) in [7, 11) is 1.60. The zero-order valence-corrected chi connectivity index (χ0v) is 14.9. The minimum Gasteiger partial charge on any atom is -0.495 e. The SMILES string of the molecule is COc1ccc(C)cc1NC(=O)c1cc(C2CC2)nn1-c1ccccc1. The molecule has 2 aromatic carbocycles. The number of amides is 1. The van der Waals surface area contributed by atoms with Crippen molar-refractivity contribution in [1.82, 2.24) is 9.78 Å². The van der Waals surface area contributed by atoms with E-state index in [-0.39, 0.29) is 5.91 Å². The van der Waals surface area contributed by atoms with Gasteiger partial charge in [0.05, 0.1) is 24.2 Å². The van der Waals surface area contributed by atoms with Crippen LogP contribution in [0, 0.1) is 6.92 Å². The first-order valence-corrected chi connectivity index (χ1v) is 8.77. The lowest BCUT2D eigenvalue weighted by Gasteiger charge is -2.12. The van der Waals surface area contributed by atoms with Crippen molar-refractivity contribution in [2.45, 2.75) is 25.7 Å². The Balaban J connectivity index is 1.71.